The van der Waals surface area contributed by atoms with Gasteiger partial charge in [0, 0.05) is 24.3 Å². The molecule has 7 heteroatoms. The van der Waals surface area contributed by atoms with Crippen molar-refractivity contribution in [3.63, 3.8) is 0 Å². The molecule has 0 saturated carbocycles. The second kappa shape index (κ2) is 6.05. The first-order valence-electron chi connectivity index (χ1n) is 8.93. The number of H-pyrrole nitrogens is 1. The van der Waals surface area contributed by atoms with Crippen LogP contribution in [0, 0.1) is 0 Å². The third kappa shape index (κ3) is 2.51. The standard InChI is InChI=1S/C20H18N6O/c1-13-11-25(20(27)15-6-4-5-14-8-10-22-18(14)15)12-17-23-24-19(26(13)17)16-7-2-3-9-21-16/h2-10,13,22H,11-12H2,1H3/t13-/m0/s1. The van der Waals surface area contributed by atoms with Crippen molar-refractivity contribution >= 4 is 16.8 Å². The smallest absolute Gasteiger partial charge is 0.256 e. The average Bonchev–Trinajstić information content (AvgIpc) is 3.35. The predicted molar refractivity (Wildman–Crippen MR) is 101 cm³/mol. The summed E-state index contributed by atoms with van der Waals surface area (Å²) in [7, 11) is 0. The number of carbonyl (C=O) groups excluding carboxylic acids is 1. The molecule has 3 aromatic heterocycles. The summed E-state index contributed by atoms with van der Waals surface area (Å²) >= 11 is 0. The second-order valence-electron chi connectivity index (χ2n) is 6.81. The quantitative estimate of drug-likeness (QED) is 0.597. The van der Waals surface area contributed by atoms with E-state index in [0.29, 0.717) is 18.7 Å². The van der Waals surface area contributed by atoms with Crippen molar-refractivity contribution < 1.29 is 4.79 Å². The first-order chi connectivity index (χ1) is 13.2. The van der Waals surface area contributed by atoms with E-state index < -0.39 is 0 Å². The fourth-order valence-electron chi connectivity index (χ4n) is 3.79. The van der Waals surface area contributed by atoms with Crippen LogP contribution in [0.4, 0.5) is 0 Å². The van der Waals surface area contributed by atoms with Crippen LogP contribution in [0.5, 0.6) is 0 Å². The maximum Gasteiger partial charge on any atom is 0.256 e. The van der Waals surface area contributed by atoms with E-state index in [1.807, 2.05) is 53.6 Å². The molecule has 27 heavy (non-hydrogen) atoms. The number of pyridine rings is 1. The summed E-state index contributed by atoms with van der Waals surface area (Å²) in [5.41, 5.74) is 2.35. The Labute approximate surface area is 155 Å². The molecule has 1 aliphatic heterocycles. The Balaban J connectivity index is 1.50. The molecular formula is C20H18N6O. The van der Waals surface area contributed by atoms with Crippen molar-refractivity contribution in [2.24, 2.45) is 0 Å². The molecule has 0 aliphatic carbocycles. The van der Waals surface area contributed by atoms with Crippen molar-refractivity contribution in [3.8, 4) is 11.5 Å². The largest absolute Gasteiger partial charge is 0.361 e. The van der Waals surface area contributed by atoms with Crippen molar-refractivity contribution in [3.05, 3.63) is 66.2 Å². The molecular weight excluding hydrogens is 340 g/mol. The average molecular weight is 358 g/mol. The van der Waals surface area contributed by atoms with Gasteiger partial charge in [-0.05, 0) is 31.2 Å². The van der Waals surface area contributed by atoms with E-state index in [2.05, 4.69) is 31.7 Å². The monoisotopic (exact) mass is 358 g/mol. The number of fused-ring (bicyclic) bond motifs is 2. The Morgan fingerprint density at radius 3 is 2.93 bits per heavy atom. The van der Waals surface area contributed by atoms with Crippen LogP contribution in [0.3, 0.4) is 0 Å². The van der Waals surface area contributed by atoms with Crippen LogP contribution < -0.4 is 0 Å². The van der Waals surface area contributed by atoms with Crippen LogP contribution in [0.25, 0.3) is 22.4 Å². The van der Waals surface area contributed by atoms with Crippen LogP contribution in [-0.2, 0) is 6.54 Å². The molecule has 1 N–H and O–H groups in total. The van der Waals surface area contributed by atoms with E-state index in [9.17, 15) is 4.79 Å². The van der Waals surface area contributed by atoms with E-state index in [-0.39, 0.29) is 11.9 Å². The molecule has 0 radical (unpaired) electrons. The minimum atomic E-state index is 0.00327. The van der Waals surface area contributed by atoms with Crippen LogP contribution in [0.15, 0.2) is 54.9 Å². The van der Waals surface area contributed by atoms with Gasteiger partial charge in [-0.2, -0.15) is 0 Å². The van der Waals surface area contributed by atoms with Gasteiger partial charge in [0.15, 0.2) is 11.6 Å². The number of rotatable bonds is 2. The van der Waals surface area contributed by atoms with Crippen LogP contribution in [0.2, 0.25) is 0 Å². The Morgan fingerprint density at radius 1 is 1.15 bits per heavy atom. The zero-order valence-corrected chi connectivity index (χ0v) is 14.8. The van der Waals surface area contributed by atoms with Gasteiger partial charge in [0.25, 0.3) is 5.91 Å². The minimum absolute atomic E-state index is 0.00327. The Morgan fingerprint density at radius 2 is 2.07 bits per heavy atom. The van der Waals surface area contributed by atoms with Crippen molar-refractivity contribution in [2.75, 3.05) is 6.54 Å². The first-order valence-corrected chi connectivity index (χ1v) is 8.93. The molecule has 1 atom stereocenters. The van der Waals surface area contributed by atoms with Gasteiger partial charge in [-0.25, -0.2) is 0 Å². The Hall–Kier alpha value is -3.48. The lowest BCUT2D eigenvalue weighted by Gasteiger charge is -2.32. The third-order valence-corrected chi connectivity index (χ3v) is 5.02. The number of nitrogens with zero attached hydrogens (tertiary/aromatic N) is 5. The lowest BCUT2D eigenvalue weighted by Crippen LogP contribution is -2.40. The number of para-hydroxylation sites is 1. The number of amides is 1. The molecule has 0 spiro atoms. The maximum atomic E-state index is 13.2. The lowest BCUT2D eigenvalue weighted by atomic mass is 10.1. The molecule has 0 unspecified atom stereocenters. The number of carbonyl (C=O) groups is 1. The number of nitrogens with one attached hydrogen (secondary N) is 1. The summed E-state index contributed by atoms with van der Waals surface area (Å²) < 4.78 is 2.08. The number of hydrogen-bond donors (Lipinski definition) is 1. The SMILES string of the molecule is C[C@H]1CN(C(=O)c2cccc3cc[nH]c23)Cc2nnc(-c3ccccn3)n21. The van der Waals surface area contributed by atoms with Crippen molar-refractivity contribution in [1.29, 1.82) is 0 Å². The number of hydrogen-bond acceptors (Lipinski definition) is 4. The van der Waals surface area contributed by atoms with E-state index in [1.165, 1.54) is 0 Å². The topological polar surface area (TPSA) is 79.7 Å². The fraction of sp³-hybridized carbons (Fsp3) is 0.200. The summed E-state index contributed by atoms with van der Waals surface area (Å²) in [6, 6.07) is 13.5. The zero-order chi connectivity index (χ0) is 18.4. The molecule has 1 aliphatic rings. The molecule has 4 heterocycles. The van der Waals surface area contributed by atoms with Gasteiger partial charge in [-0.3, -0.25) is 9.78 Å². The Kier molecular flexibility index (Phi) is 3.53. The number of aromatic amines is 1. The predicted octanol–water partition coefficient (Wildman–Crippen LogP) is 3.04. The highest BCUT2D eigenvalue weighted by molar-refractivity contribution is 6.05. The zero-order valence-electron chi connectivity index (χ0n) is 14.8. The molecule has 0 saturated heterocycles. The van der Waals surface area contributed by atoms with Gasteiger partial charge in [0.1, 0.15) is 5.69 Å². The van der Waals surface area contributed by atoms with Gasteiger partial charge >= 0.3 is 0 Å². The summed E-state index contributed by atoms with van der Waals surface area (Å²) in [4.78, 5) is 22.6. The fourth-order valence-corrected chi connectivity index (χ4v) is 3.79. The highest BCUT2D eigenvalue weighted by Crippen LogP contribution is 2.28. The molecule has 7 nitrogen and oxygen atoms in total. The van der Waals surface area contributed by atoms with E-state index in [4.69, 9.17) is 0 Å². The molecule has 134 valence electrons. The van der Waals surface area contributed by atoms with E-state index >= 15 is 0 Å². The molecule has 4 aromatic rings. The third-order valence-electron chi connectivity index (χ3n) is 5.02. The molecule has 1 amide bonds. The highest BCUT2D eigenvalue weighted by atomic mass is 16.2. The van der Waals surface area contributed by atoms with Crippen molar-refractivity contribution in [2.45, 2.75) is 19.5 Å². The molecule has 0 bridgehead atoms. The van der Waals surface area contributed by atoms with Gasteiger partial charge < -0.3 is 14.5 Å². The summed E-state index contributed by atoms with van der Waals surface area (Å²) in [6.45, 7) is 3.11. The van der Waals surface area contributed by atoms with Gasteiger partial charge in [-0.1, -0.05) is 18.2 Å². The molecule has 0 fully saturated rings. The maximum absolute atomic E-state index is 13.2. The van der Waals surface area contributed by atoms with Gasteiger partial charge in [-0.15, -0.1) is 10.2 Å². The minimum Gasteiger partial charge on any atom is -0.361 e. The molecule has 1 aromatic carbocycles. The first kappa shape index (κ1) is 15.7. The van der Waals surface area contributed by atoms with Gasteiger partial charge in [0.05, 0.1) is 23.7 Å². The normalized spacial score (nSPS) is 16.5. The number of aromatic nitrogens is 5. The second-order valence-corrected chi connectivity index (χ2v) is 6.81. The van der Waals surface area contributed by atoms with Crippen molar-refractivity contribution in [1.82, 2.24) is 29.6 Å². The summed E-state index contributed by atoms with van der Waals surface area (Å²) in [5.74, 6) is 1.53. The van der Waals surface area contributed by atoms with Crippen LogP contribution in [0.1, 0.15) is 29.1 Å². The van der Waals surface area contributed by atoms with Crippen LogP contribution in [-0.4, -0.2) is 42.1 Å². The van der Waals surface area contributed by atoms with Crippen LogP contribution >= 0.6 is 0 Å². The van der Waals surface area contributed by atoms with Gasteiger partial charge in [0.2, 0.25) is 0 Å². The highest BCUT2D eigenvalue weighted by Gasteiger charge is 2.31. The summed E-state index contributed by atoms with van der Waals surface area (Å²) in [6.07, 6.45) is 3.60. The van der Waals surface area contributed by atoms with E-state index in [0.717, 1.165) is 28.2 Å². The lowest BCUT2D eigenvalue weighted by molar-refractivity contribution is 0.0684. The molecule has 5 rings (SSSR count). The Bertz CT molecular complexity index is 1130. The van der Waals surface area contributed by atoms with E-state index in [1.54, 1.807) is 6.20 Å². The number of benzene rings is 1. The summed E-state index contributed by atoms with van der Waals surface area (Å²) in [5, 5.41) is 9.70.